The van der Waals surface area contributed by atoms with Crippen molar-refractivity contribution in [1.29, 1.82) is 0 Å². The Morgan fingerprint density at radius 3 is 2.29 bits per heavy atom. The van der Waals surface area contributed by atoms with Crippen molar-refractivity contribution in [1.82, 2.24) is 15.0 Å². The second-order valence-corrected chi connectivity index (χ2v) is 6.15. The summed E-state index contributed by atoms with van der Waals surface area (Å²) in [7, 11) is 0. The molecule has 1 heterocycles. The molecule has 0 amide bonds. The van der Waals surface area contributed by atoms with Crippen molar-refractivity contribution in [2.24, 2.45) is 0 Å². The molecule has 0 unspecified atom stereocenters. The molecule has 0 atom stereocenters. The molecule has 21 heavy (non-hydrogen) atoms. The molecule has 0 bridgehead atoms. The Morgan fingerprint density at radius 2 is 1.62 bits per heavy atom. The van der Waals surface area contributed by atoms with E-state index in [0.29, 0.717) is 12.0 Å². The molecular weight excluding hydrogens is 258 g/mol. The van der Waals surface area contributed by atoms with Crippen molar-refractivity contribution in [2.75, 3.05) is 0 Å². The lowest BCUT2D eigenvalue weighted by Gasteiger charge is -2.07. The SMILES string of the molecule is CC(C)c1ccc2cc(-c3cn(C(C)C)nn3)ccc2c1. The van der Waals surface area contributed by atoms with Crippen LogP contribution in [-0.2, 0) is 0 Å². The molecule has 3 heteroatoms. The van der Waals surface area contributed by atoms with Gasteiger partial charge in [-0.25, -0.2) is 4.68 Å². The van der Waals surface area contributed by atoms with Gasteiger partial charge in [0.2, 0.25) is 0 Å². The van der Waals surface area contributed by atoms with Crippen molar-refractivity contribution in [3.8, 4) is 11.3 Å². The molecule has 0 radical (unpaired) electrons. The maximum atomic E-state index is 4.27. The molecule has 0 fully saturated rings. The van der Waals surface area contributed by atoms with Crippen LogP contribution in [0.1, 0.15) is 45.2 Å². The smallest absolute Gasteiger partial charge is 0.113 e. The maximum Gasteiger partial charge on any atom is 0.113 e. The number of hydrogen-bond donors (Lipinski definition) is 0. The number of hydrogen-bond acceptors (Lipinski definition) is 2. The highest BCUT2D eigenvalue weighted by molar-refractivity contribution is 5.87. The van der Waals surface area contributed by atoms with E-state index in [-0.39, 0.29) is 0 Å². The van der Waals surface area contributed by atoms with E-state index >= 15 is 0 Å². The lowest BCUT2D eigenvalue weighted by atomic mass is 9.98. The van der Waals surface area contributed by atoms with Crippen LogP contribution in [0.5, 0.6) is 0 Å². The predicted molar refractivity (Wildman–Crippen MR) is 87.4 cm³/mol. The van der Waals surface area contributed by atoms with Crippen molar-refractivity contribution in [2.45, 2.75) is 39.7 Å². The van der Waals surface area contributed by atoms with E-state index in [2.05, 4.69) is 74.4 Å². The van der Waals surface area contributed by atoms with Crippen LogP contribution in [0.2, 0.25) is 0 Å². The van der Waals surface area contributed by atoms with Crippen LogP contribution in [-0.4, -0.2) is 15.0 Å². The molecule has 0 aliphatic heterocycles. The van der Waals surface area contributed by atoms with E-state index in [0.717, 1.165) is 11.3 Å². The van der Waals surface area contributed by atoms with E-state index in [1.54, 1.807) is 0 Å². The first-order valence-electron chi connectivity index (χ1n) is 7.50. The zero-order valence-electron chi connectivity index (χ0n) is 13.0. The van der Waals surface area contributed by atoms with Gasteiger partial charge in [-0.05, 0) is 42.2 Å². The molecule has 0 aliphatic rings. The Hall–Kier alpha value is -2.16. The van der Waals surface area contributed by atoms with Gasteiger partial charge in [0.25, 0.3) is 0 Å². The quantitative estimate of drug-likeness (QED) is 0.689. The van der Waals surface area contributed by atoms with Gasteiger partial charge >= 0.3 is 0 Å². The molecule has 0 saturated heterocycles. The molecule has 2 aromatic carbocycles. The van der Waals surface area contributed by atoms with E-state index < -0.39 is 0 Å². The largest absolute Gasteiger partial charge is 0.249 e. The molecular formula is C18H21N3. The fourth-order valence-electron chi connectivity index (χ4n) is 2.44. The number of aromatic nitrogens is 3. The first-order valence-corrected chi connectivity index (χ1v) is 7.50. The molecule has 108 valence electrons. The summed E-state index contributed by atoms with van der Waals surface area (Å²) in [6, 6.07) is 13.5. The van der Waals surface area contributed by atoms with Crippen LogP contribution < -0.4 is 0 Å². The minimum atomic E-state index is 0.334. The third kappa shape index (κ3) is 2.68. The van der Waals surface area contributed by atoms with Crippen molar-refractivity contribution < 1.29 is 0 Å². The Morgan fingerprint density at radius 1 is 0.905 bits per heavy atom. The summed E-state index contributed by atoms with van der Waals surface area (Å²) < 4.78 is 1.89. The molecule has 3 nitrogen and oxygen atoms in total. The third-order valence-corrected chi connectivity index (χ3v) is 3.87. The van der Waals surface area contributed by atoms with Gasteiger partial charge in [-0.1, -0.05) is 49.4 Å². The lowest BCUT2D eigenvalue weighted by molar-refractivity contribution is 0.514. The Bertz CT molecular complexity index is 769. The van der Waals surface area contributed by atoms with Gasteiger partial charge in [0.05, 0.1) is 6.20 Å². The first kappa shape index (κ1) is 13.8. The van der Waals surface area contributed by atoms with Gasteiger partial charge in [0.15, 0.2) is 0 Å². The summed E-state index contributed by atoms with van der Waals surface area (Å²) in [5, 5.41) is 11.0. The van der Waals surface area contributed by atoms with Crippen LogP contribution >= 0.6 is 0 Å². The second kappa shape index (κ2) is 5.32. The zero-order valence-corrected chi connectivity index (χ0v) is 13.0. The Labute approximate surface area is 125 Å². The number of nitrogens with zero attached hydrogens (tertiary/aromatic N) is 3. The van der Waals surface area contributed by atoms with Crippen LogP contribution in [0.3, 0.4) is 0 Å². The van der Waals surface area contributed by atoms with Crippen LogP contribution in [0.25, 0.3) is 22.0 Å². The number of rotatable bonds is 3. The van der Waals surface area contributed by atoms with Crippen LogP contribution in [0.15, 0.2) is 42.6 Å². The van der Waals surface area contributed by atoms with E-state index in [1.165, 1.54) is 16.3 Å². The molecule has 3 rings (SSSR count). The Balaban J connectivity index is 2.02. The van der Waals surface area contributed by atoms with E-state index in [4.69, 9.17) is 0 Å². The molecule has 0 spiro atoms. The normalized spacial score (nSPS) is 11.7. The summed E-state index contributed by atoms with van der Waals surface area (Å²) in [6.45, 7) is 8.65. The van der Waals surface area contributed by atoms with E-state index in [9.17, 15) is 0 Å². The fraction of sp³-hybridized carbons (Fsp3) is 0.333. The summed E-state index contributed by atoms with van der Waals surface area (Å²) in [6.07, 6.45) is 2.01. The van der Waals surface area contributed by atoms with Crippen molar-refractivity contribution in [3.05, 3.63) is 48.2 Å². The van der Waals surface area contributed by atoms with Crippen molar-refractivity contribution >= 4 is 10.8 Å². The van der Waals surface area contributed by atoms with Gasteiger partial charge in [-0.15, -0.1) is 5.10 Å². The highest BCUT2D eigenvalue weighted by atomic mass is 15.4. The van der Waals surface area contributed by atoms with Crippen LogP contribution in [0.4, 0.5) is 0 Å². The molecule has 0 N–H and O–H groups in total. The summed E-state index contributed by atoms with van der Waals surface area (Å²) in [5.41, 5.74) is 3.42. The molecule has 1 aromatic heterocycles. The highest BCUT2D eigenvalue weighted by Crippen LogP contribution is 2.26. The standard InChI is InChI=1S/C18H21N3/c1-12(2)14-5-6-16-10-17(8-7-15(16)9-14)18-11-21(13(3)4)20-19-18/h5-13H,1-4H3. The molecule has 0 aliphatic carbocycles. The van der Waals surface area contributed by atoms with Crippen LogP contribution in [0, 0.1) is 0 Å². The second-order valence-electron chi connectivity index (χ2n) is 6.15. The summed E-state index contributed by atoms with van der Waals surface area (Å²) >= 11 is 0. The predicted octanol–water partition coefficient (Wildman–Crippen LogP) is 4.80. The minimum Gasteiger partial charge on any atom is -0.249 e. The average molecular weight is 279 g/mol. The van der Waals surface area contributed by atoms with Gasteiger partial charge < -0.3 is 0 Å². The first-order chi connectivity index (χ1) is 10.0. The molecule has 0 saturated carbocycles. The third-order valence-electron chi connectivity index (χ3n) is 3.87. The molecule has 3 aromatic rings. The summed E-state index contributed by atoms with van der Waals surface area (Å²) in [5.74, 6) is 0.556. The van der Waals surface area contributed by atoms with Gasteiger partial charge in [0, 0.05) is 11.6 Å². The monoisotopic (exact) mass is 279 g/mol. The topological polar surface area (TPSA) is 30.7 Å². The van der Waals surface area contributed by atoms with Gasteiger partial charge in [0.1, 0.15) is 5.69 Å². The van der Waals surface area contributed by atoms with E-state index in [1.807, 2.05) is 10.9 Å². The highest BCUT2D eigenvalue weighted by Gasteiger charge is 2.07. The van der Waals surface area contributed by atoms with Gasteiger partial charge in [-0.3, -0.25) is 0 Å². The van der Waals surface area contributed by atoms with Crippen molar-refractivity contribution in [3.63, 3.8) is 0 Å². The zero-order chi connectivity index (χ0) is 15.0. The summed E-state index contributed by atoms with van der Waals surface area (Å²) in [4.78, 5) is 0. The average Bonchev–Trinajstić information content (AvgIpc) is 2.96. The Kier molecular flexibility index (Phi) is 3.50. The maximum absolute atomic E-state index is 4.27. The van der Waals surface area contributed by atoms with Gasteiger partial charge in [-0.2, -0.15) is 0 Å². The number of fused-ring (bicyclic) bond motifs is 1. The lowest BCUT2D eigenvalue weighted by Crippen LogP contribution is -2.00. The number of benzene rings is 2. The minimum absolute atomic E-state index is 0.334. The fourth-order valence-corrected chi connectivity index (χ4v) is 2.44.